The van der Waals surface area contributed by atoms with E-state index in [1.54, 1.807) is 12.3 Å². The van der Waals surface area contributed by atoms with Gasteiger partial charge >= 0.3 is 0 Å². The average molecular weight is 342 g/mol. The first-order valence-electron chi connectivity index (χ1n) is 5.99. The number of hydrogen-bond acceptors (Lipinski definition) is 2. The molecule has 19 heavy (non-hydrogen) atoms. The SMILES string of the molecule is Fc1ccc2c(c1)CCC2Nc1cnc(Cl)c(Br)c1. The van der Waals surface area contributed by atoms with Gasteiger partial charge in [0.15, 0.2) is 0 Å². The van der Waals surface area contributed by atoms with Gasteiger partial charge in [-0.25, -0.2) is 9.37 Å². The van der Waals surface area contributed by atoms with E-state index >= 15 is 0 Å². The first-order chi connectivity index (χ1) is 9.13. The van der Waals surface area contributed by atoms with Crippen LogP contribution >= 0.6 is 27.5 Å². The van der Waals surface area contributed by atoms with E-state index < -0.39 is 0 Å². The number of nitrogens with zero attached hydrogens (tertiary/aromatic N) is 1. The molecule has 1 atom stereocenters. The molecule has 0 aliphatic heterocycles. The molecule has 0 fully saturated rings. The summed E-state index contributed by atoms with van der Waals surface area (Å²) in [4.78, 5) is 4.09. The maximum absolute atomic E-state index is 13.2. The number of hydrogen-bond donors (Lipinski definition) is 1. The van der Waals surface area contributed by atoms with Crippen molar-refractivity contribution in [2.75, 3.05) is 5.32 Å². The fraction of sp³-hybridized carbons (Fsp3) is 0.214. The Kier molecular flexibility index (Phi) is 3.46. The van der Waals surface area contributed by atoms with Crippen LogP contribution in [0.4, 0.5) is 10.1 Å². The lowest BCUT2D eigenvalue weighted by molar-refractivity contribution is 0.626. The Labute approximate surface area is 124 Å². The minimum atomic E-state index is -0.171. The van der Waals surface area contributed by atoms with E-state index in [0.29, 0.717) is 5.15 Å². The maximum atomic E-state index is 13.2. The van der Waals surface area contributed by atoms with Crippen LogP contribution in [0.5, 0.6) is 0 Å². The number of aryl methyl sites for hydroxylation is 1. The number of anilines is 1. The van der Waals surface area contributed by atoms with E-state index in [-0.39, 0.29) is 11.9 Å². The normalized spacial score (nSPS) is 17.3. The summed E-state index contributed by atoms with van der Waals surface area (Å²) in [5, 5.41) is 3.85. The summed E-state index contributed by atoms with van der Waals surface area (Å²) in [5.41, 5.74) is 3.14. The highest BCUT2D eigenvalue weighted by Crippen LogP contribution is 2.35. The lowest BCUT2D eigenvalue weighted by Gasteiger charge is -2.15. The summed E-state index contributed by atoms with van der Waals surface area (Å²) in [7, 11) is 0. The third-order valence-electron chi connectivity index (χ3n) is 3.32. The van der Waals surface area contributed by atoms with E-state index in [9.17, 15) is 4.39 Å². The lowest BCUT2D eigenvalue weighted by atomic mass is 10.1. The quantitative estimate of drug-likeness (QED) is 0.798. The highest BCUT2D eigenvalue weighted by Gasteiger charge is 2.22. The molecular formula is C14H11BrClFN2. The molecule has 1 heterocycles. The standard InChI is InChI=1S/C14H11BrClFN2/c15-12-6-10(7-18-14(12)16)19-13-4-1-8-5-9(17)2-3-11(8)13/h2-3,5-7,13,19H,1,4H2. The maximum Gasteiger partial charge on any atom is 0.143 e. The molecule has 1 aliphatic rings. The lowest BCUT2D eigenvalue weighted by Crippen LogP contribution is -2.07. The van der Waals surface area contributed by atoms with Crippen molar-refractivity contribution in [2.24, 2.45) is 0 Å². The molecule has 0 radical (unpaired) electrons. The molecule has 0 saturated carbocycles. The van der Waals surface area contributed by atoms with E-state index in [0.717, 1.165) is 34.1 Å². The Morgan fingerprint density at radius 2 is 2.21 bits per heavy atom. The highest BCUT2D eigenvalue weighted by molar-refractivity contribution is 9.10. The Morgan fingerprint density at radius 1 is 1.37 bits per heavy atom. The highest BCUT2D eigenvalue weighted by atomic mass is 79.9. The molecular weight excluding hydrogens is 331 g/mol. The summed E-state index contributed by atoms with van der Waals surface area (Å²) in [5.74, 6) is -0.171. The van der Waals surface area contributed by atoms with Crippen molar-refractivity contribution in [1.82, 2.24) is 4.98 Å². The zero-order valence-electron chi connectivity index (χ0n) is 9.96. The summed E-state index contributed by atoms with van der Waals surface area (Å²) >= 11 is 9.22. The van der Waals surface area contributed by atoms with Crippen LogP contribution in [0.3, 0.4) is 0 Å². The number of benzene rings is 1. The van der Waals surface area contributed by atoms with E-state index in [1.165, 1.54) is 6.07 Å². The molecule has 1 aliphatic carbocycles. The van der Waals surface area contributed by atoms with Crippen molar-refractivity contribution in [1.29, 1.82) is 0 Å². The molecule has 2 aromatic rings. The van der Waals surface area contributed by atoms with Gasteiger partial charge < -0.3 is 5.32 Å². The Morgan fingerprint density at radius 3 is 3.00 bits per heavy atom. The second-order valence-electron chi connectivity index (χ2n) is 4.58. The van der Waals surface area contributed by atoms with Crippen LogP contribution in [0.25, 0.3) is 0 Å². The number of halogens is 3. The van der Waals surface area contributed by atoms with Crippen LogP contribution in [0, 0.1) is 5.82 Å². The molecule has 0 amide bonds. The van der Waals surface area contributed by atoms with Gasteiger partial charge in [-0.3, -0.25) is 0 Å². The van der Waals surface area contributed by atoms with Crippen LogP contribution in [0.1, 0.15) is 23.6 Å². The second-order valence-corrected chi connectivity index (χ2v) is 5.79. The predicted octanol–water partition coefficient (Wildman–Crippen LogP) is 4.74. The van der Waals surface area contributed by atoms with Gasteiger partial charge in [0.25, 0.3) is 0 Å². The number of rotatable bonds is 2. The smallest absolute Gasteiger partial charge is 0.143 e. The topological polar surface area (TPSA) is 24.9 Å². The molecule has 3 rings (SSSR count). The molecule has 1 aromatic heterocycles. The number of pyridine rings is 1. The van der Waals surface area contributed by atoms with Gasteiger partial charge in [0.2, 0.25) is 0 Å². The zero-order chi connectivity index (χ0) is 13.4. The number of nitrogens with one attached hydrogen (secondary N) is 1. The van der Waals surface area contributed by atoms with Crippen LogP contribution in [0.15, 0.2) is 34.9 Å². The summed E-state index contributed by atoms with van der Waals surface area (Å²) in [6, 6.07) is 7.08. The first-order valence-corrected chi connectivity index (χ1v) is 7.16. The van der Waals surface area contributed by atoms with Crippen LogP contribution in [-0.4, -0.2) is 4.98 Å². The predicted molar refractivity (Wildman–Crippen MR) is 78.0 cm³/mol. The van der Waals surface area contributed by atoms with Gasteiger partial charge in [0.05, 0.1) is 22.4 Å². The minimum absolute atomic E-state index is 0.171. The fourth-order valence-corrected chi connectivity index (χ4v) is 2.89. The third-order valence-corrected chi connectivity index (χ3v) is 4.45. The van der Waals surface area contributed by atoms with E-state index in [4.69, 9.17) is 11.6 Å². The molecule has 0 bridgehead atoms. The van der Waals surface area contributed by atoms with Crippen molar-refractivity contribution in [3.05, 3.63) is 57.0 Å². The Hall–Kier alpha value is -1.13. The Balaban J connectivity index is 1.84. The van der Waals surface area contributed by atoms with Crippen LogP contribution in [-0.2, 0) is 6.42 Å². The zero-order valence-corrected chi connectivity index (χ0v) is 12.3. The van der Waals surface area contributed by atoms with Gasteiger partial charge in [-0.1, -0.05) is 17.7 Å². The molecule has 1 N–H and O–H groups in total. The van der Waals surface area contributed by atoms with Crippen molar-refractivity contribution in [2.45, 2.75) is 18.9 Å². The summed E-state index contributed by atoms with van der Waals surface area (Å²) < 4.78 is 13.9. The fourth-order valence-electron chi connectivity index (χ4n) is 2.44. The van der Waals surface area contributed by atoms with Crippen LogP contribution < -0.4 is 5.32 Å². The van der Waals surface area contributed by atoms with Gasteiger partial charge in [-0.2, -0.15) is 0 Å². The van der Waals surface area contributed by atoms with Gasteiger partial charge in [-0.05, 0) is 58.1 Å². The van der Waals surface area contributed by atoms with Gasteiger partial charge in [-0.15, -0.1) is 0 Å². The van der Waals surface area contributed by atoms with Gasteiger partial charge in [0, 0.05) is 0 Å². The van der Waals surface area contributed by atoms with Gasteiger partial charge in [0.1, 0.15) is 11.0 Å². The summed E-state index contributed by atoms with van der Waals surface area (Å²) in [6.07, 6.45) is 3.56. The second kappa shape index (κ2) is 5.10. The molecule has 2 nitrogen and oxygen atoms in total. The number of aromatic nitrogens is 1. The van der Waals surface area contributed by atoms with Crippen molar-refractivity contribution < 1.29 is 4.39 Å². The molecule has 0 saturated heterocycles. The molecule has 98 valence electrons. The molecule has 1 unspecified atom stereocenters. The van der Waals surface area contributed by atoms with Crippen molar-refractivity contribution in [3.63, 3.8) is 0 Å². The average Bonchev–Trinajstić information content (AvgIpc) is 2.76. The Bertz CT molecular complexity index is 633. The van der Waals surface area contributed by atoms with E-state index in [2.05, 4.69) is 26.2 Å². The third kappa shape index (κ3) is 2.60. The first kappa shape index (κ1) is 12.9. The van der Waals surface area contributed by atoms with E-state index in [1.807, 2.05) is 12.1 Å². The molecule has 1 aromatic carbocycles. The minimum Gasteiger partial charge on any atom is -0.377 e. The van der Waals surface area contributed by atoms with Crippen molar-refractivity contribution >= 4 is 33.2 Å². The van der Waals surface area contributed by atoms with Crippen LogP contribution in [0.2, 0.25) is 5.15 Å². The number of fused-ring (bicyclic) bond motifs is 1. The largest absolute Gasteiger partial charge is 0.377 e. The molecule has 0 spiro atoms. The monoisotopic (exact) mass is 340 g/mol. The van der Waals surface area contributed by atoms with Crippen molar-refractivity contribution in [3.8, 4) is 0 Å². The summed E-state index contributed by atoms with van der Waals surface area (Å²) in [6.45, 7) is 0. The molecule has 5 heteroatoms.